The largest absolute Gasteiger partial charge is 0.337 e. The fraction of sp³-hybridized carbons (Fsp3) is 0.875. The quantitative estimate of drug-likeness (QED) is 0.527. The van der Waals surface area contributed by atoms with Crippen molar-refractivity contribution in [2.24, 2.45) is 0 Å². The Hall–Kier alpha value is -0.570. The number of carbonyl (C=O) groups excluding carboxylic acids is 1. The maximum absolute atomic E-state index is 11.2. The molecule has 2 fully saturated rings. The van der Waals surface area contributed by atoms with E-state index < -0.39 is 0 Å². The van der Waals surface area contributed by atoms with E-state index in [1.54, 1.807) is 0 Å². The van der Waals surface area contributed by atoms with Crippen molar-refractivity contribution in [3.8, 4) is 0 Å². The predicted octanol–water partition coefficient (Wildman–Crippen LogP) is -0.0772. The van der Waals surface area contributed by atoms with Gasteiger partial charge in [0.15, 0.2) is 0 Å². The van der Waals surface area contributed by atoms with Crippen LogP contribution in [0.1, 0.15) is 12.8 Å². The van der Waals surface area contributed by atoms with Gasteiger partial charge in [0.05, 0.1) is 6.04 Å². The number of likely N-dealkylation sites (N-methyl/N-ethyl adjacent to an activating group) is 1. The van der Waals surface area contributed by atoms with E-state index in [4.69, 9.17) is 0 Å². The Balaban J connectivity index is 1.90. The van der Waals surface area contributed by atoms with E-state index in [-0.39, 0.29) is 0 Å². The summed E-state index contributed by atoms with van der Waals surface area (Å²) in [5.41, 5.74) is 0. The highest BCUT2D eigenvalue weighted by molar-refractivity contribution is 5.78. The minimum absolute atomic E-state index is 0.364. The van der Waals surface area contributed by atoms with Crippen LogP contribution in [-0.2, 0) is 4.79 Å². The zero-order valence-electron chi connectivity index (χ0n) is 6.92. The summed E-state index contributed by atoms with van der Waals surface area (Å²) in [6, 6.07) is 0.537. The van der Waals surface area contributed by atoms with Crippen LogP contribution < -0.4 is 0 Å². The maximum atomic E-state index is 11.2. The van der Waals surface area contributed by atoms with Crippen molar-refractivity contribution >= 4 is 5.91 Å². The average molecular weight is 154 g/mol. The zero-order valence-corrected chi connectivity index (χ0v) is 6.92. The number of hydrogen-bond donors (Lipinski definition) is 0. The van der Waals surface area contributed by atoms with Crippen molar-refractivity contribution in [3.05, 3.63) is 0 Å². The summed E-state index contributed by atoms with van der Waals surface area (Å²) in [4.78, 5) is 15.5. The first kappa shape index (κ1) is 7.10. The second-order valence-electron chi connectivity index (χ2n) is 3.57. The van der Waals surface area contributed by atoms with E-state index in [1.165, 1.54) is 0 Å². The Bertz CT molecular complexity index is 175. The van der Waals surface area contributed by atoms with E-state index in [0.717, 1.165) is 32.5 Å². The number of amides is 1. The first-order valence-corrected chi connectivity index (χ1v) is 4.25. The van der Waals surface area contributed by atoms with Gasteiger partial charge in [0.25, 0.3) is 0 Å². The summed E-state index contributed by atoms with van der Waals surface area (Å²) in [6.45, 7) is 3.15. The van der Waals surface area contributed by atoms with E-state index in [0.29, 0.717) is 11.9 Å². The highest BCUT2D eigenvalue weighted by atomic mass is 16.2. The maximum Gasteiger partial charge on any atom is 0.222 e. The van der Waals surface area contributed by atoms with Gasteiger partial charge in [0.2, 0.25) is 5.91 Å². The Morgan fingerprint density at radius 3 is 2.64 bits per heavy atom. The van der Waals surface area contributed by atoms with Crippen LogP contribution in [0.25, 0.3) is 0 Å². The SMILES string of the molecule is CN1CC(N2CCCC2=O)C1. The molecule has 0 saturated carbocycles. The van der Waals surface area contributed by atoms with Gasteiger partial charge >= 0.3 is 0 Å². The van der Waals surface area contributed by atoms with Crippen molar-refractivity contribution < 1.29 is 4.79 Å². The molecule has 0 N–H and O–H groups in total. The molecule has 0 spiro atoms. The molecule has 2 saturated heterocycles. The van der Waals surface area contributed by atoms with Crippen LogP contribution in [0.3, 0.4) is 0 Å². The molecule has 0 aromatic carbocycles. The summed E-state index contributed by atoms with van der Waals surface area (Å²) >= 11 is 0. The lowest BCUT2D eigenvalue weighted by Gasteiger charge is -2.41. The highest BCUT2D eigenvalue weighted by Crippen LogP contribution is 2.19. The first-order valence-electron chi connectivity index (χ1n) is 4.25. The lowest BCUT2D eigenvalue weighted by atomic mass is 10.1. The van der Waals surface area contributed by atoms with E-state index >= 15 is 0 Å². The molecule has 0 unspecified atom stereocenters. The van der Waals surface area contributed by atoms with Crippen LogP contribution in [0, 0.1) is 0 Å². The molecule has 0 aliphatic carbocycles. The molecule has 0 radical (unpaired) electrons. The van der Waals surface area contributed by atoms with Crippen LogP contribution >= 0.6 is 0 Å². The van der Waals surface area contributed by atoms with Crippen molar-refractivity contribution in [2.45, 2.75) is 18.9 Å². The summed E-state index contributed by atoms with van der Waals surface area (Å²) in [5.74, 6) is 0.364. The second-order valence-corrected chi connectivity index (χ2v) is 3.57. The molecule has 2 rings (SSSR count). The van der Waals surface area contributed by atoms with E-state index in [9.17, 15) is 4.79 Å². The fourth-order valence-electron chi connectivity index (χ4n) is 1.92. The molecule has 0 bridgehead atoms. The summed E-state index contributed by atoms with van der Waals surface area (Å²) < 4.78 is 0. The highest BCUT2D eigenvalue weighted by Gasteiger charge is 2.34. The lowest BCUT2D eigenvalue weighted by molar-refractivity contribution is -0.132. The number of likely N-dealkylation sites (tertiary alicyclic amines) is 2. The normalized spacial score (nSPS) is 27.7. The first-order chi connectivity index (χ1) is 5.27. The topological polar surface area (TPSA) is 23.6 Å². The molecule has 0 atom stereocenters. The van der Waals surface area contributed by atoms with Gasteiger partial charge < -0.3 is 9.80 Å². The van der Waals surface area contributed by atoms with Gasteiger partial charge in [-0.15, -0.1) is 0 Å². The van der Waals surface area contributed by atoms with Crippen LogP contribution in [0.5, 0.6) is 0 Å². The predicted molar refractivity (Wildman–Crippen MR) is 42.2 cm³/mol. The third-order valence-electron chi connectivity index (χ3n) is 2.60. The van der Waals surface area contributed by atoms with E-state index in [1.807, 2.05) is 4.90 Å². The minimum atomic E-state index is 0.364. The summed E-state index contributed by atoms with van der Waals surface area (Å²) in [5, 5.41) is 0. The molecule has 3 heteroatoms. The third kappa shape index (κ3) is 1.13. The summed E-state index contributed by atoms with van der Waals surface area (Å²) in [6.07, 6.45) is 1.85. The molecule has 2 aliphatic heterocycles. The number of carbonyl (C=O) groups is 1. The molecule has 62 valence electrons. The standard InChI is InChI=1S/C8H14N2O/c1-9-5-7(6-9)10-4-2-3-8(10)11/h7H,2-6H2,1H3. The van der Waals surface area contributed by atoms with Crippen LogP contribution in [0.15, 0.2) is 0 Å². The van der Waals surface area contributed by atoms with Crippen LogP contribution in [0.4, 0.5) is 0 Å². The Morgan fingerprint density at radius 2 is 2.18 bits per heavy atom. The number of hydrogen-bond acceptors (Lipinski definition) is 2. The molecule has 2 aliphatic rings. The Morgan fingerprint density at radius 1 is 1.45 bits per heavy atom. The molecular weight excluding hydrogens is 140 g/mol. The molecular formula is C8H14N2O. The van der Waals surface area contributed by atoms with Gasteiger partial charge in [0, 0.05) is 26.1 Å². The monoisotopic (exact) mass is 154 g/mol. The Kier molecular flexibility index (Phi) is 1.60. The van der Waals surface area contributed by atoms with Crippen LogP contribution in [-0.4, -0.2) is 48.4 Å². The van der Waals surface area contributed by atoms with Crippen LogP contribution in [0.2, 0.25) is 0 Å². The average Bonchev–Trinajstić information content (AvgIpc) is 2.29. The molecule has 0 aromatic rings. The Labute approximate surface area is 67.0 Å². The van der Waals surface area contributed by atoms with E-state index in [2.05, 4.69) is 11.9 Å². The van der Waals surface area contributed by atoms with Gasteiger partial charge in [-0.25, -0.2) is 0 Å². The smallest absolute Gasteiger partial charge is 0.222 e. The molecule has 11 heavy (non-hydrogen) atoms. The van der Waals surface area contributed by atoms with Crippen molar-refractivity contribution in [2.75, 3.05) is 26.7 Å². The fourth-order valence-corrected chi connectivity index (χ4v) is 1.92. The third-order valence-corrected chi connectivity index (χ3v) is 2.60. The van der Waals surface area contributed by atoms with Crippen molar-refractivity contribution in [3.63, 3.8) is 0 Å². The number of rotatable bonds is 1. The molecule has 3 nitrogen and oxygen atoms in total. The second kappa shape index (κ2) is 2.48. The molecule has 2 heterocycles. The van der Waals surface area contributed by atoms with Gasteiger partial charge in [-0.1, -0.05) is 0 Å². The lowest BCUT2D eigenvalue weighted by Crippen LogP contribution is -2.57. The number of nitrogens with zero attached hydrogens (tertiary/aromatic N) is 2. The van der Waals surface area contributed by atoms with Gasteiger partial charge in [0.1, 0.15) is 0 Å². The van der Waals surface area contributed by atoms with Gasteiger partial charge in [-0.2, -0.15) is 0 Å². The zero-order chi connectivity index (χ0) is 7.84. The molecule has 1 amide bonds. The van der Waals surface area contributed by atoms with Crippen molar-refractivity contribution in [1.82, 2.24) is 9.80 Å². The van der Waals surface area contributed by atoms with Gasteiger partial charge in [-0.3, -0.25) is 4.79 Å². The molecule has 0 aromatic heterocycles. The van der Waals surface area contributed by atoms with Gasteiger partial charge in [-0.05, 0) is 13.5 Å². The minimum Gasteiger partial charge on any atom is -0.337 e. The summed E-state index contributed by atoms with van der Waals surface area (Å²) in [7, 11) is 2.09. The van der Waals surface area contributed by atoms with Crippen molar-refractivity contribution in [1.29, 1.82) is 0 Å².